The molecule has 1 spiro atoms. The second-order valence-electron chi connectivity index (χ2n) is 7.89. The molecule has 116 valence electrons. The highest BCUT2D eigenvalue weighted by atomic mass is 15.2. The molecule has 2 aliphatic heterocycles. The van der Waals surface area contributed by atoms with Crippen molar-refractivity contribution in [3.05, 3.63) is 24.5 Å². The number of aromatic nitrogens is 1. The molecule has 3 rings (SSSR count). The maximum Gasteiger partial charge on any atom is 0.0397 e. The van der Waals surface area contributed by atoms with E-state index in [1.165, 1.54) is 57.5 Å². The third kappa shape index (κ3) is 3.23. The monoisotopic (exact) mass is 287 g/mol. The van der Waals surface area contributed by atoms with Crippen molar-refractivity contribution in [1.29, 1.82) is 0 Å². The fourth-order valence-electron chi connectivity index (χ4n) is 4.04. The van der Waals surface area contributed by atoms with Crippen LogP contribution in [0.5, 0.6) is 0 Å². The van der Waals surface area contributed by atoms with E-state index < -0.39 is 0 Å². The van der Waals surface area contributed by atoms with Crippen LogP contribution in [0.4, 0.5) is 5.69 Å². The molecule has 3 heteroatoms. The fraction of sp³-hybridized carbons (Fsp3) is 0.722. The number of hydrogen-bond acceptors (Lipinski definition) is 3. The highest BCUT2D eigenvalue weighted by Gasteiger charge is 2.40. The summed E-state index contributed by atoms with van der Waals surface area (Å²) in [6, 6.07) is 4.31. The van der Waals surface area contributed by atoms with Gasteiger partial charge in [-0.25, -0.2) is 0 Å². The van der Waals surface area contributed by atoms with Crippen LogP contribution in [0, 0.1) is 5.41 Å². The summed E-state index contributed by atoms with van der Waals surface area (Å²) in [6.45, 7) is 12.0. The third-order valence-electron chi connectivity index (χ3n) is 5.46. The molecule has 0 radical (unpaired) electrons. The van der Waals surface area contributed by atoms with E-state index in [2.05, 4.69) is 47.7 Å². The average molecular weight is 287 g/mol. The Morgan fingerprint density at radius 2 is 1.67 bits per heavy atom. The van der Waals surface area contributed by atoms with Gasteiger partial charge in [0.15, 0.2) is 0 Å². The minimum Gasteiger partial charge on any atom is -0.371 e. The van der Waals surface area contributed by atoms with Gasteiger partial charge >= 0.3 is 0 Å². The molecule has 0 bridgehead atoms. The Balaban J connectivity index is 1.67. The van der Waals surface area contributed by atoms with Gasteiger partial charge in [-0.15, -0.1) is 0 Å². The maximum atomic E-state index is 4.15. The zero-order chi connectivity index (χ0) is 14.9. The number of likely N-dealkylation sites (tertiary alicyclic amines) is 1. The first-order valence-corrected chi connectivity index (χ1v) is 8.39. The van der Waals surface area contributed by atoms with Gasteiger partial charge in [0.1, 0.15) is 0 Å². The van der Waals surface area contributed by atoms with Crippen molar-refractivity contribution in [3.63, 3.8) is 0 Å². The Kier molecular flexibility index (Phi) is 3.96. The number of nitrogens with zero attached hydrogens (tertiary/aromatic N) is 3. The van der Waals surface area contributed by atoms with Crippen molar-refractivity contribution in [2.45, 2.75) is 52.0 Å². The number of pyridine rings is 1. The van der Waals surface area contributed by atoms with E-state index >= 15 is 0 Å². The van der Waals surface area contributed by atoms with Crippen LogP contribution in [0.25, 0.3) is 0 Å². The van der Waals surface area contributed by atoms with Crippen LogP contribution in [0.15, 0.2) is 24.5 Å². The summed E-state index contributed by atoms with van der Waals surface area (Å²) < 4.78 is 0. The molecule has 1 aromatic heterocycles. The molecular weight excluding hydrogens is 258 g/mol. The minimum absolute atomic E-state index is 0.320. The van der Waals surface area contributed by atoms with Crippen molar-refractivity contribution in [1.82, 2.24) is 9.88 Å². The van der Waals surface area contributed by atoms with E-state index in [0.29, 0.717) is 11.0 Å². The van der Waals surface area contributed by atoms with Crippen LogP contribution in [-0.2, 0) is 0 Å². The highest BCUT2D eigenvalue weighted by Crippen LogP contribution is 2.42. The molecule has 0 saturated carbocycles. The third-order valence-corrected chi connectivity index (χ3v) is 5.46. The van der Waals surface area contributed by atoms with Crippen LogP contribution in [0.3, 0.4) is 0 Å². The molecule has 0 N–H and O–H groups in total. The Hall–Kier alpha value is -1.09. The number of rotatable bonds is 1. The van der Waals surface area contributed by atoms with Gasteiger partial charge in [0.2, 0.25) is 0 Å². The van der Waals surface area contributed by atoms with E-state index in [0.717, 1.165) is 0 Å². The van der Waals surface area contributed by atoms with Crippen molar-refractivity contribution in [2.75, 3.05) is 31.1 Å². The zero-order valence-electron chi connectivity index (χ0n) is 13.8. The highest BCUT2D eigenvalue weighted by molar-refractivity contribution is 5.45. The predicted molar refractivity (Wildman–Crippen MR) is 88.7 cm³/mol. The molecule has 1 aromatic rings. The Bertz CT molecular complexity index is 455. The summed E-state index contributed by atoms with van der Waals surface area (Å²) in [5, 5.41) is 0. The van der Waals surface area contributed by atoms with E-state index in [1.807, 2.05) is 12.4 Å². The zero-order valence-corrected chi connectivity index (χ0v) is 13.8. The van der Waals surface area contributed by atoms with E-state index in [4.69, 9.17) is 0 Å². The molecule has 2 saturated heterocycles. The second kappa shape index (κ2) is 5.60. The number of hydrogen-bond donors (Lipinski definition) is 0. The summed E-state index contributed by atoms with van der Waals surface area (Å²) in [6.07, 6.45) is 9.28. The standard InChI is InChI=1S/C18H29N3/c1-17(2,3)21-13-8-18(9-14-21)7-4-12-20(15-18)16-5-10-19-11-6-16/h5-6,10-11H,4,7-9,12-15H2,1-3H3. The molecule has 0 amide bonds. The number of piperidine rings is 2. The molecule has 21 heavy (non-hydrogen) atoms. The van der Waals surface area contributed by atoms with Crippen molar-refractivity contribution in [3.8, 4) is 0 Å². The van der Waals surface area contributed by atoms with Crippen LogP contribution in [-0.4, -0.2) is 41.6 Å². The van der Waals surface area contributed by atoms with Gasteiger partial charge in [0.05, 0.1) is 0 Å². The predicted octanol–water partition coefficient (Wildman–Crippen LogP) is 3.56. The normalized spacial score (nSPS) is 23.5. The Morgan fingerprint density at radius 3 is 2.29 bits per heavy atom. The quantitative estimate of drug-likeness (QED) is 0.787. The smallest absolute Gasteiger partial charge is 0.0397 e. The van der Waals surface area contributed by atoms with Gasteiger partial charge in [0, 0.05) is 36.7 Å². The Morgan fingerprint density at radius 1 is 1.00 bits per heavy atom. The Labute approximate surface area is 129 Å². The summed E-state index contributed by atoms with van der Waals surface area (Å²) in [5.41, 5.74) is 2.21. The first-order chi connectivity index (χ1) is 9.99. The van der Waals surface area contributed by atoms with Gasteiger partial charge in [-0.1, -0.05) is 0 Å². The van der Waals surface area contributed by atoms with Crippen LogP contribution in [0.1, 0.15) is 46.5 Å². The van der Waals surface area contributed by atoms with Gasteiger partial charge in [0.25, 0.3) is 0 Å². The van der Waals surface area contributed by atoms with Gasteiger partial charge in [-0.05, 0) is 77.1 Å². The molecule has 2 fully saturated rings. The second-order valence-corrected chi connectivity index (χ2v) is 7.89. The largest absolute Gasteiger partial charge is 0.371 e. The summed E-state index contributed by atoms with van der Waals surface area (Å²) >= 11 is 0. The SMILES string of the molecule is CC(C)(C)N1CCC2(CCCN(c3ccncc3)C2)CC1. The lowest BCUT2D eigenvalue weighted by Crippen LogP contribution is -2.53. The lowest BCUT2D eigenvalue weighted by Gasteiger charge is -2.51. The minimum atomic E-state index is 0.320. The van der Waals surface area contributed by atoms with Gasteiger partial charge in [-0.2, -0.15) is 0 Å². The topological polar surface area (TPSA) is 19.4 Å². The molecule has 0 aliphatic carbocycles. The first-order valence-electron chi connectivity index (χ1n) is 8.39. The molecule has 3 heterocycles. The fourth-order valence-corrected chi connectivity index (χ4v) is 4.04. The first kappa shape index (κ1) is 14.8. The molecule has 0 atom stereocenters. The summed E-state index contributed by atoms with van der Waals surface area (Å²) in [5.74, 6) is 0. The molecule has 2 aliphatic rings. The lowest BCUT2D eigenvalue weighted by atomic mass is 9.72. The molecule has 3 nitrogen and oxygen atoms in total. The lowest BCUT2D eigenvalue weighted by molar-refractivity contribution is 0.0347. The van der Waals surface area contributed by atoms with Crippen LogP contribution >= 0.6 is 0 Å². The molecule has 0 aromatic carbocycles. The van der Waals surface area contributed by atoms with E-state index in [-0.39, 0.29) is 0 Å². The van der Waals surface area contributed by atoms with E-state index in [9.17, 15) is 0 Å². The van der Waals surface area contributed by atoms with Crippen molar-refractivity contribution >= 4 is 5.69 Å². The van der Waals surface area contributed by atoms with Crippen molar-refractivity contribution < 1.29 is 0 Å². The average Bonchev–Trinajstić information content (AvgIpc) is 2.48. The van der Waals surface area contributed by atoms with E-state index in [1.54, 1.807) is 0 Å². The maximum absolute atomic E-state index is 4.15. The molecule has 0 unspecified atom stereocenters. The summed E-state index contributed by atoms with van der Waals surface area (Å²) in [7, 11) is 0. The molecular formula is C18H29N3. The van der Waals surface area contributed by atoms with Crippen LogP contribution < -0.4 is 4.90 Å². The van der Waals surface area contributed by atoms with Gasteiger partial charge < -0.3 is 4.90 Å². The van der Waals surface area contributed by atoms with Crippen LogP contribution in [0.2, 0.25) is 0 Å². The van der Waals surface area contributed by atoms with Gasteiger partial charge in [-0.3, -0.25) is 9.88 Å². The van der Waals surface area contributed by atoms with Crippen molar-refractivity contribution in [2.24, 2.45) is 5.41 Å². The number of anilines is 1. The summed E-state index contributed by atoms with van der Waals surface area (Å²) in [4.78, 5) is 9.39.